The SMILES string of the molecule is CC(C)c1nn(C(C)(C)C)c2c1C(c1ccc(N3CCNCC3)cc1)C(C#N)=C(N)O2. The summed E-state index contributed by atoms with van der Waals surface area (Å²) in [5, 5.41) is 18.3. The molecule has 1 aromatic carbocycles. The summed E-state index contributed by atoms with van der Waals surface area (Å²) in [6.07, 6.45) is 0. The van der Waals surface area contributed by atoms with Gasteiger partial charge in [0.15, 0.2) is 0 Å². The molecule has 2 aromatic rings. The number of ether oxygens (including phenoxy) is 1. The highest BCUT2D eigenvalue weighted by Gasteiger charge is 2.39. The van der Waals surface area contributed by atoms with Gasteiger partial charge in [0.05, 0.1) is 22.7 Å². The molecule has 1 atom stereocenters. The van der Waals surface area contributed by atoms with Gasteiger partial charge in [0.2, 0.25) is 11.8 Å². The predicted molar refractivity (Wildman–Crippen MR) is 122 cm³/mol. The third kappa shape index (κ3) is 3.77. The second-order valence-electron chi connectivity index (χ2n) is 9.59. The van der Waals surface area contributed by atoms with Gasteiger partial charge in [-0.25, -0.2) is 4.68 Å². The van der Waals surface area contributed by atoms with Crippen molar-refractivity contribution in [1.82, 2.24) is 15.1 Å². The number of benzene rings is 1. The van der Waals surface area contributed by atoms with Gasteiger partial charge >= 0.3 is 0 Å². The van der Waals surface area contributed by atoms with Crippen LogP contribution in [-0.2, 0) is 5.54 Å². The zero-order valence-electron chi connectivity index (χ0n) is 19.1. The van der Waals surface area contributed by atoms with Gasteiger partial charge in [-0.05, 0) is 44.4 Å². The molecule has 1 unspecified atom stereocenters. The Balaban J connectivity index is 1.84. The first kappa shape index (κ1) is 21.3. The van der Waals surface area contributed by atoms with Crippen molar-refractivity contribution in [1.29, 1.82) is 5.26 Å². The van der Waals surface area contributed by atoms with Crippen molar-refractivity contribution in [2.75, 3.05) is 31.1 Å². The summed E-state index contributed by atoms with van der Waals surface area (Å²) < 4.78 is 7.92. The first-order valence-electron chi connectivity index (χ1n) is 11.0. The Kier molecular flexibility index (Phi) is 5.44. The lowest BCUT2D eigenvalue weighted by Crippen LogP contribution is -2.43. The third-order valence-corrected chi connectivity index (χ3v) is 5.97. The van der Waals surface area contributed by atoms with Gasteiger partial charge in [-0.3, -0.25) is 0 Å². The minimum Gasteiger partial charge on any atom is -0.422 e. The van der Waals surface area contributed by atoms with E-state index in [9.17, 15) is 5.26 Å². The van der Waals surface area contributed by atoms with Crippen LogP contribution in [0.15, 0.2) is 35.7 Å². The Morgan fingerprint density at radius 2 is 1.84 bits per heavy atom. The first-order chi connectivity index (χ1) is 14.7. The van der Waals surface area contributed by atoms with Crippen molar-refractivity contribution in [2.45, 2.75) is 52.0 Å². The summed E-state index contributed by atoms with van der Waals surface area (Å²) >= 11 is 0. The fraction of sp³-hybridized carbons (Fsp3) is 0.500. The molecule has 0 radical (unpaired) electrons. The van der Waals surface area contributed by atoms with Crippen LogP contribution in [0.5, 0.6) is 5.88 Å². The van der Waals surface area contributed by atoms with E-state index >= 15 is 0 Å². The van der Waals surface area contributed by atoms with E-state index in [4.69, 9.17) is 15.6 Å². The van der Waals surface area contributed by atoms with Gasteiger partial charge in [-0.1, -0.05) is 26.0 Å². The van der Waals surface area contributed by atoms with E-state index in [2.05, 4.69) is 75.2 Å². The maximum Gasteiger partial charge on any atom is 0.224 e. The Bertz CT molecular complexity index is 1030. The molecular formula is C24H32N6O. The van der Waals surface area contributed by atoms with E-state index in [0.717, 1.165) is 43.0 Å². The van der Waals surface area contributed by atoms with Crippen LogP contribution in [0.2, 0.25) is 0 Å². The van der Waals surface area contributed by atoms with Crippen LogP contribution in [0.25, 0.3) is 0 Å². The molecule has 0 bridgehead atoms. The van der Waals surface area contributed by atoms with E-state index in [1.807, 2.05) is 4.68 Å². The van der Waals surface area contributed by atoms with Crippen LogP contribution in [0.4, 0.5) is 5.69 Å². The van der Waals surface area contributed by atoms with Crippen LogP contribution in [0, 0.1) is 11.3 Å². The Hall–Kier alpha value is -2.98. The molecule has 2 aliphatic heterocycles. The molecule has 4 rings (SSSR count). The molecule has 0 aliphatic carbocycles. The van der Waals surface area contributed by atoms with E-state index in [-0.39, 0.29) is 23.3 Å². The van der Waals surface area contributed by atoms with Gasteiger partial charge in [0, 0.05) is 31.9 Å². The van der Waals surface area contributed by atoms with Crippen molar-refractivity contribution in [3.05, 3.63) is 52.5 Å². The van der Waals surface area contributed by atoms with Gasteiger partial charge in [0.1, 0.15) is 11.6 Å². The third-order valence-electron chi connectivity index (χ3n) is 5.97. The van der Waals surface area contributed by atoms with E-state index in [1.165, 1.54) is 5.69 Å². The average Bonchev–Trinajstić information content (AvgIpc) is 3.13. The maximum atomic E-state index is 9.96. The number of piperazine rings is 1. The summed E-state index contributed by atoms with van der Waals surface area (Å²) in [4.78, 5) is 2.38. The fourth-order valence-corrected chi connectivity index (χ4v) is 4.38. The number of nitrogens with zero attached hydrogens (tertiary/aromatic N) is 4. The normalized spacial score (nSPS) is 19.3. The Morgan fingerprint density at radius 3 is 2.39 bits per heavy atom. The number of nitrogens with one attached hydrogen (secondary N) is 1. The summed E-state index contributed by atoms with van der Waals surface area (Å²) in [5.74, 6) is 0.693. The van der Waals surface area contributed by atoms with Crippen LogP contribution < -0.4 is 20.7 Å². The monoisotopic (exact) mass is 420 g/mol. The van der Waals surface area contributed by atoms with Crippen molar-refractivity contribution in [2.24, 2.45) is 5.73 Å². The van der Waals surface area contributed by atoms with E-state index in [1.54, 1.807) is 0 Å². The molecule has 3 heterocycles. The lowest BCUT2D eigenvalue weighted by molar-refractivity contribution is 0.277. The fourth-order valence-electron chi connectivity index (χ4n) is 4.38. The Labute approximate surface area is 184 Å². The smallest absolute Gasteiger partial charge is 0.224 e. The zero-order valence-corrected chi connectivity index (χ0v) is 19.1. The van der Waals surface area contributed by atoms with Crippen molar-refractivity contribution >= 4 is 5.69 Å². The molecule has 1 saturated heterocycles. The number of hydrogen-bond donors (Lipinski definition) is 2. The highest BCUT2D eigenvalue weighted by Crippen LogP contribution is 2.47. The standard InChI is InChI=1S/C24H32N6O/c1-15(2)21-20-19(16-6-8-17(9-7-16)29-12-10-27-11-13-29)18(14-25)22(26)31-23(20)30(28-21)24(3,4)5/h6-9,15,19,27H,10-13,26H2,1-5H3. The van der Waals surface area contributed by atoms with Crippen molar-refractivity contribution in [3.63, 3.8) is 0 Å². The number of anilines is 1. The summed E-state index contributed by atoms with van der Waals surface area (Å²) in [6, 6.07) is 10.8. The van der Waals surface area contributed by atoms with Crippen LogP contribution >= 0.6 is 0 Å². The average molecular weight is 421 g/mol. The highest BCUT2D eigenvalue weighted by molar-refractivity contribution is 5.58. The molecule has 164 valence electrons. The molecule has 31 heavy (non-hydrogen) atoms. The quantitative estimate of drug-likeness (QED) is 0.791. The van der Waals surface area contributed by atoms with Crippen molar-refractivity contribution < 1.29 is 4.74 Å². The molecule has 0 saturated carbocycles. The van der Waals surface area contributed by atoms with Crippen LogP contribution in [-0.4, -0.2) is 36.0 Å². The minimum absolute atomic E-state index is 0.159. The topological polar surface area (TPSA) is 92.1 Å². The molecule has 0 spiro atoms. The molecule has 7 heteroatoms. The lowest BCUT2D eigenvalue weighted by Gasteiger charge is -2.30. The lowest BCUT2D eigenvalue weighted by atomic mass is 9.82. The number of nitrogens with two attached hydrogens (primary N) is 1. The second kappa shape index (κ2) is 7.93. The first-order valence-corrected chi connectivity index (χ1v) is 11.0. The van der Waals surface area contributed by atoms with E-state index < -0.39 is 0 Å². The van der Waals surface area contributed by atoms with Gasteiger partial charge in [-0.2, -0.15) is 10.4 Å². The number of allylic oxidation sites excluding steroid dienone is 1. The second-order valence-corrected chi connectivity index (χ2v) is 9.59. The van der Waals surface area contributed by atoms with Crippen molar-refractivity contribution in [3.8, 4) is 11.9 Å². The number of nitriles is 1. The minimum atomic E-state index is -0.292. The van der Waals surface area contributed by atoms with E-state index in [0.29, 0.717) is 11.5 Å². The Morgan fingerprint density at radius 1 is 1.19 bits per heavy atom. The maximum absolute atomic E-state index is 9.96. The molecule has 1 aromatic heterocycles. The molecule has 0 amide bonds. The molecule has 1 fully saturated rings. The molecule has 2 aliphatic rings. The summed E-state index contributed by atoms with van der Waals surface area (Å²) in [5.41, 5.74) is 10.5. The number of rotatable bonds is 3. The molecule has 7 nitrogen and oxygen atoms in total. The summed E-state index contributed by atoms with van der Waals surface area (Å²) in [7, 11) is 0. The molecular weight excluding hydrogens is 388 g/mol. The molecule has 3 N–H and O–H groups in total. The number of aromatic nitrogens is 2. The predicted octanol–water partition coefficient (Wildman–Crippen LogP) is 3.39. The number of fused-ring (bicyclic) bond motifs is 1. The largest absolute Gasteiger partial charge is 0.422 e. The van der Waals surface area contributed by atoms with Gasteiger partial charge in [-0.15, -0.1) is 0 Å². The number of hydrogen-bond acceptors (Lipinski definition) is 6. The zero-order chi connectivity index (χ0) is 22.3. The highest BCUT2D eigenvalue weighted by atomic mass is 16.5. The van der Waals surface area contributed by atoms with Gasteiger partial charge in [0.25, 0.3) is 0 Å². The summed E-state index contributed by atoms with van der Waals surface area (Å²) in [6.45, 7) is 14.5. The van der Waals surface area contributed by atoms with Crippen LogP contribution in [0.1, 0.15) is 63.3 Å². The van der Waals surface area contributed by atoms with Gasteiger partial charge < -0.3 is 20.7 Å². The van der Waals surface area contributed by atoms with Crippen LogP contribution in [0.3, 0.4) is 0 Å².